The molecule has 0 amide bonds. The number of rotatable bonds is 4. The van der Waals surface area contributed by atoms with Gasteiger partial charge in [-0.15, -0.1) is 0 Å². The quantitative estimate of drug-likeness (QED) is 0.167. The Hall–Kier alpha value is -4.36. The molecular weight excluding hydrogens is 482 g/mol. The van der Waals surface area contributed by atoms with Crippen molar-refractivity contribution < 1.29 is 0 Å². The minimum atomic E-state index is 0.488. The molecule has 0 aliphatic heterocycles. The van der Waals surface area contributed by atoms with Crippen molar-refractivity contribution >= 4 is 54.5 Å². The second kappa shape index (κ2) is 9.10. The van der Waals surface area contributed by atoms with Gasteiger partial charge in [-0.1, -0.05) is 98.8 Å². The summed E-state index contributed by atoms with van der Waals surface area (Å²) in [5.74, 6) is 1.08. The van der Waals surface area contributed by atoms with Gasteiger partial charge in [-0.25, -0.2) is 0 Å². The molecule has 1 unspecified atom stereocenters. The zero-order chi connectivity index (χ0) is 26.8. The SMILES string of the molecule is CC(C)c1cc2cccc3c4cc(N(C5=C6C=CCCC6CC=C5)c5ccccc5)cc5cccc(c(c1)c23)c54. The first kappa shape index (κ1) is 23.5. The van der Waals surface area contributed by atoms with Crippen LogP contribution in [0.5, 0.6) is 0 Å². The van der Waals surface area contributed by atoms with Crippen LogP contribution in [0.4, 0.5) is 11.4 Å². The van der Waals surface area contributed by atoms with Crippen molar-refractivity contribution in [2.75, 3.05) is 4.90 Å². The Labute approximate surface area is 236 Å². The van der Waals surface area contributed by atoms with Crippen molar-refractivity contribution in [2.24, 2.45) is 5.92 Å². The predicted molar refractivity (Wildman–Crippen MR) is 173 cm³/mol. The maximum absolute atomic E-state index is 2.49. The van der Waals surface area contributed by atoms with E-state index in [-0.39, 0.29) is 0 Å². The topological polar surface area (TPSA) is 3.24 Å². The summed E-state index contributed by atoms with van der Waals surface area (Å²) >= 11 is 0. The third-order valence-corrected chi connectivity index (χ3v) is 9.13. The molecule has 1 heteroatoms. The molecule has 0 aromatic heterocycles. The molecule has 0 saturated carbocycles. The van der Waals surface area contributed by atoms with Crippen LogP contribution < -0.4 is 4.90 Å². The van der Waals surface area contributed by atoms with E-state index < -0.39 is 0 Å². The second-order valence-corrected chi connectivity index (χ2v) is 11.9. The number of allylic oxidation sites excluding steroid dienone is 5. The molecule has 0 N–H and O–H groups in total. The van der Waals surface area contributed by atoms with Gasteiger partial charge in [0.25, 0.3) is 0 Å². The van der Waals surface area contributed by atoms with Gasteiger partial charge in [0.05, 0.1) is 0 Å². The Morgan fingerprint density at radius 3 is 2.12 bits per heavy atom. The molecule has 0 radical (unpaired) electrons. The first-order valence-electron chi connectivity index (χ1n) is 14.7. The normalized spacial score (nSPS) is 17.1. The first-order chi connectivity index (χ1) is 19.7. The Bertz CT molecular complexity index is 2000. The molecule has 0 spiro atoms. The van der Waals surface area contributed by atoms with Gasteiger partial charge in [0.15, 0.2) is 0 Å². The maximum atomic E-state index is 2.49. The molecule has 1 nitrogen and oxygen atoms in total. The summed E-state index contributed by atoms with van der Waals surface area (Å²) in [6, 6.07) is 34.3. The summed E-state index contributed by atoms with van der Waals surface area (Å²) < 4.78 is 0. The lowest BCUT2D eigenvalue weighted by atomic mass is 9.82. The molecule has 0 saturated heterocycles. The van der Waals surface area contributed by atoms with E-state index in [2.05, 4.69) is 134 Å². The molecule has 8 rings (SSSR count). The highest BCUT2D eigenvalue weighted by atomic mass is 15.1. The zero-order valence-corrected chi connectivity index (χ0v) is 23.2. The van der Waals surface area contributed by atoms with Crippen LogP contribution in [0.15, 0.2) is 127 Å². The average Bonchev–Trinajstić information content (AvgIpc) is 3.00. The standard InChI is InChI=1S/C39H33N/c1-25(2)29-21-27-13-8-19-34-36-24-31(22-28-14-9-18-33(39(28)36)35(23-29)38(27)34)40(30-15-4-3-5-16-30)37-20-10-12-26-11-6-7-17-32(26)37/h3-5,7-10,13-26H,6,11-12H2,1-2H3. The summed E-state index contributed by atoms with van der Waals surface area (Å²) in [5, 5.41) is 10.8. The largest absolute Gasteiger partial charge is 0.310 e. The van der Waals surface area contributed by atoms with E-state index in [4.69, 9.17) is 0 Å². The van der Waals surface area contributed by atoms with Crippen molar-refractivity contribution in [3.05, 3.63) is 132 Å². The van der Waals surface area contributed by atoms with E-state index in [9.17, 15) is 0 Å². The summed E-state index contributed by atoms with van der Waals surface area (Å²) in [6.07, 6.45) is 13.0. The zero-order valence-electron chi connectivity index (χ0n) is 23.2. The molecule has 6 aromatic rings. The fourth-order valence-electron chi connectivity index (χ4n) is 7.19. The number of hydrogen-bond donors (Lipinski definition) is 0. The van der Waals surface area contributed by atoms with Gasteiger partial charge in [0.1, 0.15) is 0 Å². The van der Waals surface area contributed by atoms with E-state index in [1.54, 1.807) is 0 Å². The number of benzene rings is 6. The van der Waals surface area contributed by atoms with Gasteiger partial charge in [-0.05, 0) is 116 Å². The average molecular weight is 516 g/mol. The Morgan fingerprint density at radius 2 is 1.38 bits per heavy atom. The van der Waals surface area contributed by atoms with Gasteiger partial charge in [0, 0.05) is 17.1 Å². The minimum absolute atomic E-state index is 0.488. The van der Waals surface area contributed by atoms with Gasteiger partial charge >= 0.3 is 0 Å². The molecule has 2 aliphatic rings. The van der Waals surface area contributed by atoms with Crippen LogP contribution in [0, 0.1) is 5.92 Å². The Morgan fingerprint density at radius 1 is 0.650 bits per heavy atom. The molecular formula is C39H33N. The first-order valence-corrected chi connectivity index (χ1v) is 14.7. The highest BCUT2D eigenvalue weighted by Gasteiger charge is 2.26. The molecule has 2 aliphatic carbocycles. The smallest absolute Gasteiger partial charge is 0.0493 e. The van der Waals surface area contributed by atoms with E-state index in [1.807, 2.05) is 0 Å². The van der Waals surface area contributed by atoms with E-state index in [0.717, 1.165) is 6.42 Å². The molecule has 0 heterocycles. The number of hydrogen-bond acceptors (Lipinski definition) is 1. The van der Waals surface area contributed by atoms with Crippen LogP contribution in [0.2, 0.25) is 0 Å². The van der Waals surface area contributed by atoms with Crippen molar-refractivity contribution in [2.45, 2.75) is 39.0 Å². The number of para-hydroxylation sites is 1. The van der Waals surface area contributed by atoms with Gasteiger partial charge in [0.2, 0.25) is 0 Å². The van der Waals surface area contributed by atoms with E-state index in [0.29, 0.717) is 11.8 Å². The van der Waals surface area contributed by atoms with Crippen LogP contribution in [0.3, 0.4) is 0 Å². The van der Waals surface area contributed by atoms with Crippen molar-refractivity contribution in [1.29, 1.82) is 0 Å². The molecule has 40 heavy (non-hydrogen) atoms. The fourth-order valence-corrected chi connectivity index (χ4v) is 7.19. The Balaban J connectivity index is 1.48. The van der Waals surface area contributed by atoms with E-state index >= 15 is 0 Å². The summed E-state index contributed by atoms with van der Waals surface area (Å²) in [6.45, 7) is 4.59. The van der Waals surface area contributed by atoms with E-state index in [1.165, 1.54) is 84.1 Å². The van der Waals surface area contributed by atoms with Crippen molar-refractivity contribution in [1.82, 2.24) is 0 Å². The number of anilines is 2. The summed E-state index contributed by atoms with van der Waals surface area (Å²) in [7, 11) is 0. The lowest BCUT2D eigenvalue weighted by molar-refractivity contribution is 0.559. The van der Waals surface area contributed by atoms with Crippen molar-refractivity contribution in [3.8, 4) is 0 Å². The van der Waals surface area contributed by atoms with Crippen LogP contribution in [-0.2, 0) is 0 Å². The molecule has 194 valence electrons. The third-order valence-electron chi connectivity index (χ3n) is 9.13. The Kier molecular flexibility index (Phi) is 5.35. The number of nitrogens with zero attached hydrogens (tertiary/aromatic N) is 1. The third kappa shape index (κ3) is 3.54. The van der Waals surface area contributed by atoms with Gasteiger partial charge < -0.3 is 4.90 Å². The second-order valence-electron chi connectivity index (χ2n) is 11.9. The maximum Gasteiger partial charge on any atom is 0.0493 e. The molecule has 1 atom stereocenters. The lowest BCUT2D eigenvalue weighted by Crippen LogP contribution is -2.22. The lowest BCUT2D eigenvalue weighted by Gasteiger charge is -2.34. The van der Waals surface area contributed by atoms with Crippen LogP contribution in [0.25, 0.3) is 43.1 Å². The molecule has 0 fully saturated rings. The fraction of sp³-hybridized carbons (Fsp3) is 0.179. The highest BCUT2D eigenvalue weighted by Crippen LogP contribution is 2.46. The minimum Gasteiger partial charge on any atom is -0.310 e. The van der Waals surface area contributed by atoms with Crippen LogP contribution >= 0.6 is 0 Å². The monoisotopic (exact) mass is 515 g/mol. The summed E-state index contributed by atoms with van der Waals surface area (Å²) in [5.41, 5.74) is 6.59. The van der Waals surface area contributed by atoms with Gasteiger partial charge in [-0.3, -0.25) is 0 Å². The predicted octanol–water partition coefficient (Wildman–Crippen LogP) is 11.2. The number of fused-ring (bicyclic) bond motifs is 3. The molecule has 6 aromatic carbocycles. The van der Waals surface area contributed by atoms with Gasteiger partial charge in [-0.2, -0.15) is 0 Å². The molecule has 0 bridgehead atoms. The highest BCUT2D eigenvalue weighted by molar-refractivity contribution is 6.33. The summed E-state index contributed by atoms with van der Waals surface area (Å²) in [4.78, 5) is 2.49. The van der Waals surface area contributed by atoms with Crippen molar-refractivity contribution in [3.63, 3.8) is 0 Å². The van der Waals surface area contributed by atoms with Crippen LogP contribution in [0.1, 0.15) is 44.6 Å². The van der Waals surface area contributed by atoms with Crippen LogP contribution in [-0.4, -0.2) is 0 Å².